The van der Waals surface area contributed by atoms with Crippen molar-refractivity contribution < 1.29 is 4.79 Å². The quantitative estimate of drug-likeness (QED) is 0.933. The highest BCUT2D eigenvalue weighted by atomic mass is 16.2. The molecular weight excluding hydrogens is 314 g/mol. The van der Waals surface area contributed by atoms with Gasteiger partial charge in [-0.3, -0.25) is 9.89 Å². The summed E-state index contributed by atoms with van der Waals surface area (Å²) in [7, 11) is 0. The van der Waals surface area contributed by atoms with Crippen LogP contribution in [0.15, 0.2) is 30.6 Å². The van der Waals surface area contributed by atoms with Gasteiger partial charge >= 0.3 is 0 Å². The van der Waals surface area contributed by atoms with Crippen LogP contribution in [0.3, 0.4) is 0 Å². The number of rotatable bonds is 3. The Kier molecular flexibility index (Phi) is 4.68. The molecule has 2 aromatic heterocycles. The number of nitrogens with zero attached hydrogens (tertiary/aromatic N) is 4. The maximum absolute atomic E-state index is 12.9. The number of carbonyl (C=O) groups excluding carboxylic acids is 1. The van der Waals surface area contributed by atoms with E-state index in [1.165, 1.54) is 25.7 Å². The smallest absolute Gasteiger partial charge is 0.255 e. The van der Waals surface area contributed by atoms with Crippen LogP contribution in [0, 0.1) is 0 Å². The van der Waals surface area contributed by atoms with E-state index < -0.39 is 0 Å². The van der Waals surface area contributed by atoms with Gasteiger partial charge in [0.25, 0.3) is 5.91 Å². The Morgan fingerprint density at radius 2 is 1.88 bits per heavy atom. The monoisotopic (exact) mass is 339 g/mol. The maximum atomic E-state index is 12.9. The molecule has 1 amide bonds. The van der Waals surface area contributed by atoms with Crippen LogP contribution in [-0.4, -0.2) is 45.6 Å². The molecule has 6 nitrogen and oxygen atoms in total. The lowest BCUT2D eigenvalue weighted by atomic mass is 10.1. The van der Waals surface area contributed by atoms with Crippen molar-refractivity contribution in [3.63, 3.8) is 0 Å². The van der Waals surface area contributed by atoms with E-state index in [-0.39, 0.29) is 11.9 Å². The Balaban J connectivity index is 1.48. The van der Waals surface area contributed by atoms with Crippen LogP contribution in [0.25, 0.3) is 0 Å². The van der Waals surface area contributed by atoms with Crippen LogP contribution in [-0.2, 0) is 0 Å². The predicted molar refractivity (Wildman–Crippen MR) is 96.5 cm³/mol. The molecule has 4 rings (SSSR count). The van der Waals surface area contributed by atoms with E-state index in [1.807, 2.05) is 23.1 Å². The molecule has 6 heteroatoms. The number of pyridine rings is 1. The zero-order chi connectivity index (χ0) is 17.1. The van der Waals surface area contributed by atoms with E-state index in [0.29, 0.717) is 5.56 Å². The van der Waals surface area contributed by atoms with Gasteiger partial charge in [-0.15, -0.1) is 0 Å². The molecule has 2 saturated heterocycles. The van der Waals surface area contributed by atoms with Gasteiger partial charge < -0.3 is 9.80 Å². The lowest BCUT2D eigenvalue weighted by molar-refractivity contribution is 0.0732. The first-order valence-electron chi connectivity index (χ1n) is 9.34. The number of aromatic nitrogens is 3. The topological polar surface area (TPSA) is 65.1 Å². The number of amides is 1. The lowest BCUT2D eigenvalue weighted by Crippen LogP contribution is -2.31. The van der Waals surface area contributed by atoms with E-state index in [4.69, 9.17) is 0 Å². The SMILES string of the molecule is O=C(c1ccc(N2CCCCCC2)nc1)N1CCC[C@H]1c1ccn[nH]1. The van der Waals surface area contributed by atoms with E-state index in [1.54, 1.807) is 12.4 Å². The van der Waals surface area contributed by atoms with Crippen molar-refractivity contribution in [3.8, 4) is 0 Å². The van der Waals surface area contributed by atoms with Crippen LogP contribution in [0.4, 0.5) is 5.82 Å². The molecule has 0 aromatic carbocycles. The Bertz CT molecular complexity index is 689. The van der Waals surface area contributed by atoms with Crippen molar-refractivity contribution in [3.05, 3.63) is 41.9 Å². The summed E-state index contributed by atoms with van der Waals surface area (Å²) in [6, 6.07) is 5.98. The highest BCUT2D eigenvalue weighted by Gasteiger charge is 2.31. The second kappa shape index (κ2) is 7.25. The molecule has 0 aliphatic carbocycles. The molecule has 0 unspecified atom stereocenters. The summed E-state index contributed by atoms with van der Waals surface area (Å²) in [5.74, 6) is 1.05. The first-order chi connectivity index (χ1) is 12.3. The maximum Gasteiger partial charge on any atom is 0.255 e. The normalized spacial score (nSPS) is 21.4. The van der Waals surface area contributed by atoms with Crippen molar-refractivity contribution in [2.24, 2.45) is 0 Å². The highest BCUT2D eigenvalue weighted by molar-refractivity contribution is 5.94. The first-order valence-corrected chi connectivity index (χ1v) is 9.34. The second-order valence-electron chi connectivity index (χ2n) is 6.97. The van der Waals surface area contributed by atoms with Crippen molar-refractivity contribution in [1.29, 1.82) is 0 Å². The molecule has 1 atom stereocenters. The summed E-state index contributed by atoms with van der Waals surface area (Å²) in [5, 5.41) is 7.03. The molecule has 132 valence electrons. The number of anilines is 1. The number of aromatic amines is 1. The van der Waals surface area contributed by atoms with Crippen LogP contribution in [0.1, 0.15) is 60.6 Å². The van der Waals surface area contributed by atoms with Gasteiger partial charge in [0.2, 0.25) is 0 Å². The van der Waals surface area contributed by atoms with Crippen molar-refractivity contribution in [1.82, 2.24) is 20.1 Å². The molecule has 1 N–H and O–H groups in total. The summed E-state index contributed by atoms with van der Waals surface area (Å²) < 4.78 is 0. The summed E-state index contributed by atoms with van der Waals surface area (Å²) in [6.07, 6.45) is 10.5. The molecule has 0 spiro atoms. The van der Waals surface area contributed by atoms with Crippen LogP contribution < -0.4 is 4.90 Å². The zero-order valence-electron chi connectivity index (χ0n) is 14.5. The van der Waals surface area contributed by atoms with Gasteiger partial charge in [0.1, 0.15) is 5.82 Å². The van der Waals surface area contributed by atoms with Gasteiger partial charge in [0, 0.05) is 32.0 Å². The van der Waals surface area contributed by atoms with Gasteiger partial charge in [-0.2, -0.15) is 5.10 Å². The summed E-state index contributed by atoms with van der Waals surface area (Å²) >= 11 is 0. The molecule has 0 saturated carbocycles. The van der Waals surface area contributed by atoms with Crippen LogP contribution >= 0.6 is 0 Å². The molecule has 2 fully saturated rings. The lowest BCUT2D eigenvalue weighted by Gasteiger charge is -2.24. The average molecular weight is 339 g/mol. The molecule has 0 radical (unpaired) electrons. The van der Waals surface area contributed by atoms with E-state index in [9.17, 15) is 4.79 Å². The van der Waals surface area contributed by atoms with E-state index in [2.05, 4.69) is 20.1 Å². The third-order valence-electron chi connectivity index (χ3n) is 5.32. The number of hydrogen-bond donors (Lipinski definition) is 1. The average Bonchev–Trinajstić information content (AvgIpc) is 3.27. The van der Waals surface area contributed by atoms with Crippen LogP contribution in [0.2, 0.25) is 0 Å². The van der Waals surface area contributed by atoms with E-state index in [0.717, 1.165) is 44.0 Å². The minimum atomic E-state index is 0.0621. The van der Waals surface area contributed by atoms with Crippen molar-refractivity contribution in [2.45, 2.75) is 44.6 Å². The Labute approximate surface area is 148 Å². The zero-order valence-corrected chi connectivity index (χ0v) is 14.5. The molecule has 2 aliphatic rings. The summed E-state index contributed by atoms with van der Waals surface area (Å²) in [5.41, 5.74) is 1.69. The van der Waals surface area contributed by atoms with Gasteiger partial charge in [-0.25, -0.2) is 4.98 Å². The number of hydrogen-bond acceptors (Lipinski definition) is 4. The summed E-state index contributed by atoms with van der Waals surface area (Å²) in [6.45, 7) is 2.92. The van der Waals surface area contributed by atoms with E-state index >= 15 is 0 Å². The number of likely N-dealkylation sites (tertiary alicyclic amines) is 1. The Morgan fingerprint density at radius 3 is 2.56 bits per heavy atom. The number of carbonyl (C=O) groups is 1. The van der Waals surface area contributed by atoms with Crippen LogP contribution in [0.5, 0.6) is 0 Å². The fraction of sp³-hybridized carbons (Fsp3) is 0.526. The third kappa shape index (κ3) is 3.38. The standard InChI is InChI=1S/C19H25N5O/c25-19(24-13-5-6-17(24)16-9-10-21-22-16)15-7-8-18(20-14-15)23-11-3-1-2-4-12-23/h7-10,14,17H,1-6,11-13H2,(H,21,22)/t17-/m0/s1. The third-order valence-corrected chi connectivity index (χ3v) is 5.32. The minimum Gasteiger partial charge on any atom is -0.357 e. The molecule has 0 bridgehead atoms. The largest absolute Gasteiger partial charge is 0.357 e. The highest BCUT2D eigenvalue weighted by Crippen LogP contribution is 2.32. The summed E-state index contributed by atoms with van der Waals surface area (Å²) in [4.78, 5) is 21.8. The Hall–Kier alpha value is -2.37. The molecule has 25 heavy (non-hydrogen) atoms. The molecule has 4 heterocycles. The fourth-order valence-electron chi connectivity index (χ4n) is 3.95. The van der Waals surface area contributed by atoms with Gasteiger partial charge in [-0.1, -0.05) is 12.8 Å². The Morgan fingerprint density at radius 1 is 1.04 bits per heavy atom. The van der Waals surface area contributed by atoms with Gasteiger partial charge in [0.15, 0.2) is 0 Å². The van der Waals surface area contributed by atoms with Gasteiger partial charge in [0.05, 0.1) is 17.3 Å². The van der Waals surface area contributed by atoms with Crippen molar-refractivity contribution in [2.75, 3.05) is 24.5 Å². The first kappa shape index (κ1) is 16.1. The fourth-order valence-corrected chi connectivity index (χ4v) is 3.95. The number of H-pyrrole nitrogens is 1. The number of nitrogens with one attached hydrogen (secondary N) is 1. The predicted octanol–water partition coefficient (Wildman–Crippen LogP) is 3.16. The molecular formula is C19H25N5O. The minimum absolute atomic E-state index is 0.0621. The molecule has 2 aliphatic heterocycles. The van der Waals surface area contributed by atoms with Crippen molar-refractivity contribution >= 4 is 11.7 Å². The molecule has 2 aromatic rings. The van der Waals surface area contributed by atoms with Gasteiger partial charge in [-0.05, 0) is 43.9 Å². The second-order valence-corrected chi connectivity index (χ2v) is 6.97.